The van der Waals surface area contributed by atoms with E-state index in [2.05, 4.69) is 148 Å². The first-order chi connectivity index (χ1) is 21.8. The van der Waals surface area contributed by atoms with E-state index in [1.54, 1.807) is 12.4 Å². The molecule has 0 unspecified atom stereocenters. The van der Waals surface area contributed by atoms with E-state index >= 15 is 0 Å². The van der Waals surface area contributed by atoms with Gasteiger partial charge in [-0.05, 0) is 75.8 Å². The lowest BCUT2D eigenvalue weighted by Gasteiger charge is -2.15. The predicted molar refractivity (Wildman–Crippen MR) is 180 cm³/mol. The molecule has 3 heterocycles. The van der Waals surface area contributed by atoms with Gasteiger partial charge in [-0.25, -0.2) is 9.97 Å². The van der Waals surface area contributed by atoms with Crippen LogP contribution in [0.25, 0.3) is 83.1 Å². The van der Waals surface area contributed by atoms with Gasteiger partial charge in [-0.1, -0.05) is 97.1 Å². The molecule has 0 atom stereocenters. The molecule has 0 N–H and O–H groups in total. The van der Waals surface area contributed by atoms with Crippen LogP contribution in [0.15, 0.2) is 156 Å². The molecule has 0 bridgehead atoms. The SMILES string of the molecule is c1ccc(-n2c3ccccc3c3cc(-c4ccccc4-c4ccccc4-c4ccc5oc6nccnc6c5c4)ccc32)cc1. The van der Waals surface area contributed by atoms with E-state index in [4.69, 9.17) is 4.42 Å². The Labute approximate surface area is 253 Å². The van der Waals surface area contributed by atoms with Gasteiger partial charge >= 0.3 is 0 Å². The van der Waals surface area contributed by atoms with Crippen molar-refractivity contribution in [3.05, 3.63) is 152 Å². The zero-order valence-electron chi connectivity index (χ0n) is 23.7. The minimum atomic E-state index is 0.558. The van der Waals surface area contributed by atoms with E-state index < -0.39 is 0 Å². The second kappa shape index (κ2) is 9.79. The first-order valence-electron chi connectivity index (χ1n) is 14.7. The highest BCUT2D eigenvalue weighted by molar-refractivity contribution is 6.11. The van der Waals surface area contributed by atoms with Crippen molar-refractivity contribution < 1.29 is 4.42 Å². The topological polar surface area (TPSA) is 43.9 Å². The maximum absolute atomic E-state index is 5.96. The Bertz CT molecular complexity index is 2510. The van der Waals surface area contributed by atoms with Crippen LogP contribution in [0.3, 0.4) is 0 Å². The summed E-state index contributed by atoms with van der Waals surface area (Å²) in [4.78, 5) is 8.91. The van der Waals surface area contributed by atoms with Crippen LogP contribution < -0.4 is 0 Å². The molecule has 9 rings (SSSR count). The summed E-state index contributed by atoms with van der Waals surface area (Å²) in [6.07, 6.45) is 3.37. The number of fused-ring (bicyclic) bond motifs is 6. The van der Waals surface area contributed by atoms with Gasteiger partial charge in [0, 0.05) is 34.2 Å². The number of hydrogen-bond acceptors (Lipinski definition) is 3. The van der Waals surface area contributed by atoms with Crippen molar-refractivity contribution in [1.82, 2.24) is 14.5 Å². The molecule has 0 spiro atoms. The third kappa shape index (κ3) is 3.78. The molecular weight excluding hydrogens is 538 g/mol. The van der Waals surface area contributed by atoms with Gasteiger partial charge in [0.25, 0.3) is 0 Å². The fourth-order valence-corrected chi connectivity index (χ4v) is 6.60. The van der Waals surface area contributed by atoms with Crippen LogP contribution in [0.1, 0.15) is 0 Å². The highest BCUT2D eigenvalue weighted by Gasteiger charge is 2.17. The molecule has 6 aromatic carbocycles. The molecule has 0 radical (unpaired) electrons. The van der Waals surface area contributed by atoms with Gasteiger partial charge < -0.3 is 8.98 Å². The Hall–Kier alpha value is -6.00. The van der Waals surface area contributed by atoms with Crippen LogP contribution in [0.2, 0.25) is 0 Å². The first kappa shape index (κ1) is 24.6. The quantitative estimate of drug-likeness (QED) is 0.214. The lowest BCUT2D eigenvalue weighted by molar-refractivity contribution is 0.653. The average Bonchev–Trinajstić information content (AvgIpc) is 3.64. The summed E-state index contributed by atoms with van der Waals surface area (Å²) in [6.45, 7) is 0. The summed E-state index contributed by atoms with van der Waals surface area (Å²) in [7, 11) is 0. The number of para-hydroxylation sites is 2. The molecule has 206 valence electrons. The molecule has 4 heteroatoms. The van der Waals surface area contributed by atoms with Gasteiger partial charge in [-0.15, -0.1) is 0 Å². The molecule has 0 fully saturated rings. The fourth-order valence-electron chi connectivity index (χ4n) is 6.60. The summed E-state index contributed by atoms with van der Waals surface area (Å²) >= 11 is 0. The zero-order valence-corrected chi connectivity index (χ0v) is 23.7. The van der Waals surface area contributed by atoms with E-state index in [1.807, 2.05) is 6.07 Å². The Morgan fingerprint density at radius 2 is 1.05 bits per heavy atom. The van der Waals surface area contributed by atoms with Crippen molar-refractivity contribution >= 4 is 44.0 Å². The molecule has 0 saturated carbocycles. The predicted octanol–water partition coefficient (Wildman–Crippen LogP) is 10.5. The van der Waals surface area contributed by atoms with Gasteiger partial charge in [-0.3, -0.25) is 0 Å². The van der Waals surface area contributed by atoms with Crippen LogP contribution in [0.5, 0.6) is 0 Å². The second-order valence-corrected chi connectivity index (χ2v) is 11.0. The number of aromatic nitrogens is 3. The molecule has 44 heavy (non-hydrogen) atoms. The third-order valence-electron chi connectivity index (χ3n) is 8.56. The summed E-state index contributed by atoms with van der Waals surface area (Å²) in [6, 6.07) is 49.8. The molecule has 0 aliphatic carbocycles. The Morgan fingerprint density at radius 3 is 1.82 bits per heavy atom. The van der Waals surface area contributed by atoms with Crippen molar-refractivity contribution in [1.29, 1.82) is 0 Å². The molecule has 4 nitrogen and oxygen atoms in total. The van der Waals surface area contributed by atoms with Crippen LogP contribution in [-0.4, -0.2) is 14.5 Å². The normalized spacial score (nSPS) is 11.6. The number of nitrogens with zero attached hydrogens (tertiary/aromatic N) is 3. The van der Waals surface area contributed by atoms with Gasteiger partial charge in [-0.2, -0.15) is 0 Å². The highest BCUT2D eigenvalue weighted by Crippen LogP contribution is 2.41. The monoisotopic (exact) mass is 563 g/mol. The first-order valence-corrected chi connectivity index (χ1v) is 14.7. The summed E-state index contributed by atoms with van der Waals surface area (Å²) in [5, 5.41) is 3.45. The van der Waals surface area contributed by atoms with Crippen LogP contribution in [0.4, 0.5) is 0 Å². The maximum atomic E-state index is 5.96. The third-order valence-corrected chi connectivity index (χ3v) is 8.56. The van der Waals surface area contributed by atoms with Crippen molar-refractivity contribution in [2.75, 3.05) is 0 Å². The largest absolute Gasteiger partial charge is 0.436 e. The molecule has 9 aromatic rings. The van der Waals surface area contributed by atoms with Gasteiger partial charge in [0.1, 0.15) is 11.1 Å². The fraction of sp³-hybridized carbons (Fsp3) is 0. The molecule has 3 aromatic heterocycles. The highest BCUT2D eigenvalue weighted by atomic mass is 16.3. The van der Waals surface area contributed by atoms with E-state index in [9.17, 15) is 0 Å². The van der Waals surface area contributed by atoms with Crippen LogP contribution in [0, 0.1) is 0 Å². The van der Waals surface area contributed by atoms with Gasteiger partial charge in [0.05, 0.1) is 11.0 Å². The molecule has 0 aliphatic heterocycles. The molecule has 0 amide bonds. The van der Waals surface area contributed by atoms with Crippen LogP contribution >= 0.6 is 0 Å². The zero-order chi connectivity index (χ0) is 29.0. The lowest BCUT2D eigenvalue weighted by Crippen LogP contribution is -1.93. The minimum absolute atomic E-state index is 0.558. The van der Waals surface area contributed by atoms with Gasteiger partial charge in [0.15, 0.2) is 0 Å². The Kier molecular flexibility index (Phi) is 5.47. The second-order valence-electron chi connectivity index (χ2n) is 11.0. The summed E-state index contributed by atoms with van der Waals surface area (Å²) in [5.41, 5.74) is 12.7. The van der Waals surface area contributed by atoms with Crippen molar-refractivity contribution in [2.24, 2.45) is 0 Å². The number of furan rings is 1. The summed E-state index contributed by atoms with van der Waals surface area (Å²) < 4.78 is 8.31. The van der Waals surface area contributed by atoms with E-state index in [0.717, 1.165) is 33.3 Å². The molecular formula is C40H25N3O. The maximum Gasteiger partial charge on any atom is 0.246 e. The molecule has 0 aliphatic rings. The van der Waals surface area contributed by atoms with E-state index in [1.165, 1.54) is 44.1 Å². The van der Waals surface area contributed by atoms with E-state index in [-0.39, 0.29) is 0 Å². The van der Waals surface area contributed by atoms with E-state index in [0.29, 0.717) is 5.71 Å². The van der Waals surface area contributed by atoms with Gasteiger partial charge in [0.2, 0.25) is 5.71 Å². The van der Waals surface area contributed by atoms with Crippen molar-refractivity contribution in [3.8, 4) is 39.1 Å². The summed E-state index contributed by atoms with van der Waals surface area (Å²) in [5.74, 6) is 0. The Balaban J connectivity index is 1.23. The minimum Gasteiger partial charge on any atom is -0.436 e. The average molecular weight is 564 g/mol. The Morgan fingerprint density at radius 1 is 0.455 bits per heavy atom. The smallest absolute Gasteiger partial charge is 0.246 e. The number of hydrogen-bond donors (Lipinski definition) is 0. The lowest BCUT2D eigenvalue weighted by atomic mass is 9.89. The standard InChI is InChI=1S/C40H25N3O/c1-2-10-28(11-3-1)43-36-17-9-8-16-33(36)34-24-26(18-20-37(34)43)29-12-4-6-14-31(29)32-15-7-5-13-30(32)27-19-21-38-35(25-27)39-40(44-38)42-23-22-41-39/h1-25H. The van der Waals surface area contributed by atoms with Crippen molar-refractivity contribution in [2.45, 2.75) is 0 Å². The van der Waals surface area contributed by atoms with Crippen molar-refractivity contribution in [3.63, 3.8) is 0 Å². The molecule has 0 saturated heterocycles. The number of benzene rings is 6. The number of rotatable bonds is 4. The van der Waals surface area contributed by atoms with Crippen LogP contribution in [-0.2, 0) is 0 Å².